The van der Waals surface area contributed by atoms with Crippen molar-refractivity contribution in [2.24, 2.45) is 5.73 Å². The van der Waals surface area contributed by atoms with E-state index in [4.69, 9.17) is 5.73 Å². The molecule has 0 aliphatic carbocycles. The second-order valence-corrected chi connectivity index (χ2v) is 13.0. The number of rotatable bonds is 9. The Morgan fingerprint density at radius 2 is 1.73 bits per heavy atom. The summed E-state index contributed by atoms with van der Waals surface area (Å²) in [5, 5.41) is 19.7. The number of hydrogen-bond acceptors (Lipinski definition) is 6. The second kappa shape index (κ2) is 13.7. The van der Waals surface area contributed by atoms with Crippen molar-refractivity contribution < 1.29 is 19.5 Å². The number of aliphatic hydroxyl groups is 1. The van der Waals surface area contributed by atoms with Gasteiger partial charge in [0.1, 0.15) is 12.3 Å². The molecule has 5 rings (SSSR count). The number of carbonyl (C=O) groups is 3. The van der Waals surface area contributed by atoms with Gasteiger partial charge < -0.3 is 31.7 Å². The average Bonchev–Trinajstić information content (AvgIpc) is 3.12. The SMILES string of the molecule is CC(O)NC(=O)NCc1ccccc1-c1ccc(CN2C(=O)C(NC(=O)CC(C)(C)N)CSc3c2ccc2ccccc32)cc1. The van der Waals surface area contributed by atoms with E-state index in [1.807, 2.05) is 72.8 Å². The molecule has 45 heavy (non-hydrogen) atoms. The number of nitrogens with two attached hydrogens (primary N) is 1. The van der Waals surface area contributed by atoms with Gasteiger partial charge in [0.05, 0.1) is 12.2 Å². The summed E-state index contributed by atoms with van der Waals surface area (Å²) in [6.45, 7) is 5.67. The fraction of sp³-hybridized carbons (Fsp3) is 0.286. The maximum Gasteiger partial charge on any atom is 0.317 e. The van der Waals surface area contributed by atoms with Gasteiger partial charge in [-0.1, -0.05) is 78.9 Å². The van der Waals surface area contributed by atoms with Crippen LogP contribution in [0, 0.1) is 0 Å². The molecule has 1 aliphatic heterocycles. The van der Waals surface area contributed by atoms with Crippen LogP contribution in [0.5, 0.6) is 0 Å². The van der Waals surface area contributed by atoms with E-state index in [-0.39, 0.29) is 24.8 Å². The van der Waals surface area contributed by atoms with Crippen LogP contribution in [0.15, 0.2) is 89.8 Å². The fourth-order valence-electron chi connectivity index (χ4n) is 5.41. The molecular weight excluding hydrogens is 586 g/mol. The maximum absolute atomic E-state index is 14.1. The first-order valence-electron chi connectivity index (χ1n) is 14.9. The summed E-state index contributed by atoms with van der Waals surface area (Å²) in [6.07, 6.45) is -0.834. The van der Waals surface area contributed by atoms with Gasteiger partial charge >= 0.3 is 6.03 Å². The highest BCUT2D eigenvalue weighted by Crippen LogP contribution is 2.40. The molecule has 0 saturated heterocycles. The van der Waals surface area contributed by atoms with Crippen molar-refractivity contribution >= 4 is 46.1 Å². The molecule has 2 unspecified atom stereocenters. The molecule has 1 heterocycles. The lowest BCUT2D eigenvalue weighted by Crippen LogP contribution is -2.51. The number of amides is 4. The predicted molar refractivity (Wildman–Crippen MR) is 180 cm³/mol. The van der Waals surface area contributed by atoms with Gasteiger partial charge in [0.25, 0.3) is 5.91 Å². The molecule has 0 aromatic heterocycles. The number of hydrogen-bond donors (Lipinski definition) is 5. The Morgan fingerprint density at radius 1 is 1.02 bits per heavy atom. The van der Waals surface area contributed by atoms with Gasteiger partial charge in [-0.2, -0.15) is 0 Å². The van der Waals surface area contributed by atoms with Crippen molar-refractivity contribution in [3.63, 3.8) is 0 Å². The molecule has 0 saturated carbocycles. The minimum absolute atomic E-state index is 0.112. The highest BCUT2D eigenvalue weighted by Gasteiger charge is 2.33. The summed E-state index contributed by atoms with van der Waals surface area (Å²) in [5.74, 6) is -0.0136. The molecule has 4 amide bonds. The smallest absolute Gasteiger partial charge is 0.317 e. The number of aliphatic hydroxyl groups excluding tert-OH is 1. The third-order valence-electron chi connectivity index (χ3n) is 7.46. The molecule has 0 spiro atoms. The third kappa shape index (κ3) is 8.02. The summed E-state index contributed by atoms with van der Waals surface area (Å²) in [7, 11) is 0. The monoisotopic (exact) mass is 625 g/mol. The average molecular weight is 626 g/mol. The molecule has 9 nitrogen and oxygen atoms in total. The number of urea groups is 1. The van der Waals surface area contributed by atoms with Gasteiger partial charge in [-0.05, 0) is 59.9 Å². The summed E-state index contributed by atoms with van der Waals surface area (Å²) < 4.78 is 0. The van der Waals surface area contributed by atoms with Crippen LogP contribution in [0.25, 0.3) is 21.9 Å². The lowest BCUT2D eigenvalue weighted by Gasteiger charge is -2.27. The van der Waals surface area contributed by atoms with Gasteiger partial charge in [-0.3, -0.25) is 9.59 Å². The van der Waals surface area contributed by atoms with E-state index in [9.17, 15) is 19.5 Å². The molecule has 0 bridgehead atoms. The van der Waals surface area contributed by atoms with Crippen molar-refractivity contribution in [1.82, 2.24) is 16.0 Å². The lowest BCUT2D eigenvalue weighted by atomic mass is 9.98. The van der Waals surface area contributed by atoms with Gasteiger partial charge in [-0.25, -0.2) is 4.79 Å². The van der Waals surface area contributed by atoms with Gasteiger partial charge in [0.2, 0.25) is 5.91 Å². The molecule has 1 aliphatic rings. The lowest BCUT2D eigenvalue weighted by molar-refractivity contribution is -0.127. The number of fused-ring (bicyclic) bond motifs is 3. The normalized spacial score (nSPS) is 15.6. The largest absolute Gasteiger partial charge is 0.374 e. The van der Waals surface area contributed by atoms with E-state index in [1.54, 1.807) is 30.5 Å². The molecule has 4 aromatic carbocycles. The van der Waals surface area contributed by atoms with Gasteiger partial charge in [-0.15, -0.1) is 11.8 Å². The zero-order valence-electron chi connectivity index (χ0n) is 25.7. The fourth-order valence-corrected chi connectivity index (χ4v) is 6.64. The van der Waals surface area contributed by atoms with Crippen molar-refractivity contribution in [3.05, 3.63) is 96.1 Å². The van der Waals surface area contributed by atoms with E-state index in [0.29, 0.717) is 12.3 Å². The van der Waals surface area contributed by atoms with E-state index in [0.717, 1.165) is 43.6 Å². The van der Waals surface area contributed by atoms with Crippen LogP contribution >= 0.6 is 11.8 Å². The van der Waals surface area contributed by atoms with Crippen LogP contribution in [-0.2, 0) is 22.7 Å². The zero-order chi connectivity index (χ0) is 32.1. The van der Waals surface area contributed by atoms with E-state index >= 15 is 0 Å². The van der Waals surface area contributed by atoms with E-state index in [2.05, 4.69) is 28.1 Å². The first kappa shape index (κ1) is 32.0. The Hall–Kier alpha value is -4.38. The molecule has 6 N–H and O–H groups in total. The topological polar surface area (TPSA) is 137 Å². The van der Waals surface area contributed by atoms with E-state index < -0.39 is 23.8 Å². The minimum atomic E-state index is -0.946. The Kier molecular flexibility index (Phi) is 9.77. The quantitative estimate of drug-likeness (QED) is 0.168. The van der Waals surface area contributed by atoms with Crippen molar-refractivity contribution in [2.75, 3.05) is 10.7 Å². The number of nitrogens with zero attached hydrogens (tertiary/aromatic N) is 1. The molecule has 234 valence electrons. The van der Waals surface area contributed by atoms with Gasteiger partial charge in [0.15, 0.2) is 0 Å². The molecule has 0 radical (unpaired) electrons. The summed E-state index contributed by atoms with van der Waals surface area (Å²) in [6, 6.07) is 26.8. The van der Waals surface area contributed by atoms with Gasteiger partial charge in [0, 0.05) is 29.2 Å². The van der Waals surface area contributed by atoms with Crippen LogP contribution in [0.3, 0.4) is 0 Å². The van der Waals surface area contributed by atoms with Crippen LogP contribution in [0.1, 0.15) is 38.3 Å². The predicted octanol–water partition coefficient (Wildman–Crippen LogP) is 4.90. The minimum Gasteiger partial charge on any atom is -0.374 e. The standard InChI is InChI=1S/C35H39N5O4S/c1-22(41)38-34(44)37-19-26-9-5-6-10-27(26)25-14-12-23(13-15-25)20-40-30-17-16-24-8-4-7-11-28(24)32(30)45-21-29(33(40)43)39-31(42)18-35(2,3)36/h4-17,22,29,41H,18-21,36H2,1-3H3,(H,39,42)(H2,37,38,44). The Morgan fingerprint density at radius 3 is 2.47 bits per heavy atom. The van der Waals surface area contributed by atoms with Crippen LogP contribution in [-0.4, -0.2) is 46.5 Å². The first-order chi connectivity index (χ1) is 21.5. The first-order valence-corrected chi connectivity index (χ1v) is 15.9. The van der Waals surface area contributed by atoms with E-state index in [1.165, 1.54) is 6.92 Å². The van der Waals surface area contributed by atoms with Crippen molar-refractivity contribution in [2.45, 2.75) is 63.0 Å². The summed E-state index contributed by atoms with van der Waals surface area (Å²) in [5.41, 5.74) is 9.99. The Balaban J connectivity index is 1.41. The molecular formula is C35H39N5O4S. The Labute approximate surface area is 267 Å². The number of benzene rings is 4. The highest BCUT2D eigenvalue weighted by molar-refractivity contribution is 7.99. The summed E-state index contributed by atoms with van der Waals surface area (Å²) in [4.78, 5) is 41.7. The Bertz CT molecular complexity index is 1700. The van der Waals surface area contributed by atoms with Crippen molar-refractivity contribution in [1.29, 1.82) is 0 Å². The molecule has 0 fully saturated rings. The van der Waals surface area contributed by atoms with Crippen LogP contribution < -0.4 is 26.6 Å². The number of nitrogens with one attached hydrogen (secondary N) is 3. The number of anilines is 1. The molecule has 10 heteroatoms. The highest BCUT2D eigenvalue weighted by atomic mass is 32.2. The maximum atomic E-state index is 14.1. The number of carbonyl (C=O) groups excluding carboxylic acids is 3. The van der Waals surface area contributed by atoms with Crippen LogP contribution in [0.4, 0.5) is 10.5 Å². The zero-order valence-corrected chi connectivity index (χ0v) is 26.5. The number of thioether (sulfide) groups is 1. The van der Waals surface area contributed by atoms with Crippen molar-refractivity contribution in [3.8, 4) is 11.1 Å². The summed E-state index contributed by atoms with van der Waals surface area (Å²) >= 11 is 1.58. The van der Waals surface area contributed by atoms with Crippen LogP contribution in [0.2, 0.25) is 0 Å². The third-order valence-corrected chi connectivity index (χ3v) is 8.68. The second-order valence-electron chi connectivity index (χ2n) is 12.0. The molecule has 4 aromatic rings. The molecule has 2 atom stereocenters.